The van der Waals surface area contributed by atoms with Crippen molar-refractivity contribution in [1.29, 1.82) is 0 Å². The highest BCUT2D eigenvalue weighted by Gasteiger charge is 2.33. The number of alkyl halides is 3. The Bertz CT molecular complexity index is 781. The van der Waals surface area contributed by atoms with Crippen molar-refractivity contribution in [1.82, 2.24) is 19.7 Å². The Labute approximate surface area is 147 Å². The average molecular weight is 372 g/mol. The highest BCUT2D eigenvalue weighted by molar-refractivity contribution is 6.33. The van der Waals surface area contributed by atoms with Crippen molar-refractivity contribution in [2.75, 3.05) is 18.0 Å². The van der Waals surface area contributed by atoms with Gasteiger partial charge in [0.1, 0.15) is 17.5 Å². The molecule has 1 saturated heterocycles. The van der Waals surface area contributed by atoms with Crippen LogP contribution in [0, 0.1) is 0 Å². The minimum Gasteiger partial charge on any atom is -0.355 e. The van der Waals surface area contributed by atoms with Gasteiger partial charge in [-0.1, -0.05) is 11.6 Å². The van der Waals surface area contributed by atoms with E-state index >= 15 is 0 Å². The van der Waals surface area contributed by atoms with E-state index in [1.54, 1.807) is 0 Å². The van der Waals surface area contributed by atoms with Crippen molar-refractivity contribution in [3.63, 3.8) is 0 Å². The summed E-state index contributed by atoms with van der Waals surface area (Å²) in [6, 6.07) is 0.946. The van der Waals surface area contributed by atoms with E-state index in [1.165, 1.54) is 0 Å². The van der Waals surface area contributed by atoms with E-state index in [2.05, 4.69) is 19.7 Å². The molecule has 0 bridgehead atoms. The van der Waals surface area contributed by atoms with Crippen LogP contribution < -0.4 is 4.90 Å². The summed E-state index contributed by atoms with van der Waals surface area (Å²) < 4.78 is 40.4. The molecule has 4 rings (SSSR count). The SMILES string of the molecule is FC(F)(F)c1cnc(N2CCC(c3nnc4n3CCC4)CC2)c(Cl)c1. The Hall–Kier alpha value is -1.83. The molecule has 2 aliphatic rings. The molecule has 0 spiro atoms. The van der Waals surface area contributed by atoms with Gasteiger partial charge >= 0.3 is 6.18 Å². The van der Waals surface area contributed by atoms with E-state index in [1.807, 2.05) is 4.90 Å². The smallest absolute Gasteiger partial charge is 0.355 e. The number of aromatic nitrogens is 4. The number of hydrogen-bond acceptors (Lipinski definition) is 4. The largest absolute Gasteiger partial charge is 0.417 e. The Balaban J connectivity index is 1.47. The van der Waals surface area contributed by atoms with Crippen LogP contribution in [0.25, 0.3) is 0 Å². The van der Waals surface area contributed by atoms with E-state index in [0.29, 0.717) is 24.8 Å². The molecule has 0 atom stereocenters. The summed E-state index contributed by atoms with van der Waals surface area (Å²) in [7, 11) is 0. The zero-order valence-electron chi connectivity index (χ0n) is 13.4. The zero-order chi connectivity index (χ0) is 17.6. The standard InChI is InChI=1S/C16H17ClF3N5/c17-12-8-11(16(18,19)20)9-21-15(12)24-6-3-10(4-7-24)14-23-22-13-2-1-5-25(13)14/h8-10H,1-7H2. The summed E-state index contributed by atoms with van der Waals surface area (Å²) in [4.78, 5) is 5.90. The fourth-order valence-corrected chi connectivity index (χ4v) is 3.93. The van der Waals surface area contributed by atoms with Crippen LogP contribution in [0.1, 0.15) is 42.4 Å². The van der Waals surface area contributed by atoms with Gasteiger partial charge in [0.05, 0.1) is 10.6 Å². The highest BCUT2D eigenvalue weighted by Crippen LogP contribution is 2.36. The highest BCUT2D eigenvalue weighted by atomic mass is 35.5. The zero-order valence-corrected chi connectivity index (χ0v) is 14.2. The predicted octanol–water partition coefficient (Wildman–Crippen LogP) is 3.68. The predicted molar refractivity (Wildman–Crippen MR) is 86.8 cm³/mol. The molecule has 0 saturated carbocycles. The van der Waals surface area contributed by atoms with Crippen LogP contribution >= 0.6 is 11.6 Å². The lowest BCUT2D eigenvalue weighted by molar-refractivity contribution is -0.137. The fraction of sp³-hybridized carbons (Fsp3) is 0.562. The van der Waals surface area contributed by atoms with Crippen LogP contribution in [0.4, 0.5) is 19.0 Å². The molecule has 1 fully saturated rings. The number of piperidine rings is 1. The topological polar surface area (TPSA) is 46.8 Å². The number of halogens is 4. The third kappa shape index (κ3) is 3.07. The van der Waals surface area contributed by atoms with Gasteiger partial charge in [-0.2, -0.15) is 13.2 Å². The molecular weight excluding hydrogens is 355 g/mol. The summed E-state index contributed by atoms with van der Waals surface area (Å²) >= 11 is 6.05. The summed E-state index contributed by atoms with van der Waals surface area (Å²) in [5.74, 6) is 2.84. The lowest BCUT2D eigenvalue weighted by atomic mass is 9.96. The normalized spacial score (nSPS) is 18.6. The first-order valence-electron chi connectivity index (χ1n) is 8.33. The van der Waals surface area contributed by atoms with Crippen LogP contribution in [0.2, 0.25) is 5.02 Å². The maximum absolute atomic E-state index is 12.7. The minimum atomic E-state index is -4.43. The maximum atomic E-state index is 12.7. The average Bonchev–Trinajstić information content (AvgIpc) is 3.17. The Morgan fingerprint density at radius 1 is 1.12 bits per heavy atom. The van der Waals surface area contributed by atoms with Gasteiger partial charge in [-0.05, 0) is 25.3 Å². The summed E-state index contributed by atoms with van der Waals surface area (Å²) in [5.41, 5.74) is -0.824. The third-order valence-corrected chi connectivity index (χ3v) is 5.22. The molecular formula is C16H17ClF3N5. The molecule has 4 heterocycles. The van der Waals surface area contributed by atoms with Crippen LogP contribution in [0.15, 0.2) is 12.3 Å². The van der Waals surface area contributed by atoms with Gasteiger partial charge in [0.2, 0.25) is 0 Å². The molecule has 0 N–H and O–H groups in total. The van der Waals surface area contributed by atoms with Crippen LogP contribution in [0.5, 0.6) is 0 Å². The number of fused-ring (bicyclic) bond motifs is 1. The molecule has 25 heavy (non-hydrogen) atoms. The molecule has 2 aliphatic heterocycles. The number of hydrogen-bond donors (Lipinski definition) is 0. The van der Waals surface area contributed by atoms with Gasteiger partial charge in [0, 0.05) is 38.2 Å². The second-order valence-electron chi connectivity index (χ2n) is 6.52. The lowest BCUT2D eigenvalue weighted by Crippen LogP contribution is -2.34. The van der Waals surface area contributed by atoms with Crippen molar-refractivity contribution in [2.45, 2.75) is 44.3 Å². The van der Waals surface area contributed by atoms with Gasteiger partial charge in [-0.3, -0.25) is 0 Å². The summed E-state index contributed by atoms with van der Waals surface area (Å²) in [6.45, 7) is 2.35. The first-order valence-corrected chi connectivity index (χ1v) is 8.71. The van der Waals surface area contributed by atoms with E-state index in [9.17, 15) is 13.2 Å². The Morgan fingerprint density at radius 2 is 1.88 bits per heavy atom. The summed E-state index contributed by atoms with van der Waals surface area (Å²) in [5, 5.41) is 8.64. The quantitative estimate of drug-likeness (QED) is 0.808. The Kier molecular flexibility index (Phi) is 4.10. The molecule has 5 nitrogen and oxygen atoms in total. The van der Waals surface area contributed by atoms with Gasteiger partial charge < -0.3 is 9.47 Å². The van der Waals surface area contributed by atoms with Crippen molar-refractivity contribution < 1.29 is 13.2 Å². The molecule has 0 radical (unpaired) electrons. The molecule has 0 aliphatic carbocycles. The number of aryl methyl sites for hydroxylation is 1. The first-order chi connectivity index (χ1) is 11.9. The molecule has 2 aromatic heterocycles. The van der Waals surface area contributed by atoms with Crippen LogP contribution in [0.3, 0.4) is 0 Å². The van der Waals surface area contributed by atoms with Crippen molar-refractivity contribution in [3.8, 4) is 0 Å². The van der Waals surface area contributed by atoms with E-state index in [0.717, 1.165) is 56.1 Å². The van der Waals surface area contributed by atoms with Crippen LogP contribution in [-0.4, -0.2) is 32.8 Å². The number of anilines is 1. The van der Waals surface area contributed by atoms with Gasteiger partial charge in [0.25, 0.3) is 0 Å². The third-order valence-electron chi connectivity index (χ3n) is 4.95. The summed E-state index contributed by atoms with van der Waals surface area (Å²) in [6.07, 6.45) is 0.224. The molecule has 0 aromatic carbocycles. The van der Waals surface area contributed by atoms with Gasteiger partial charge in [-0.15, -0.1) is 10.2 Å². The maximum Gasteiger partial charge on any atom is 0.417 e. The van der Waals surface area contributed by atoms with Crippen molar-refractivity contribution in [2.24, 2.45) is 0 Å². The van der Waals surface area contributed by atoms with Crippen molar-refractivity contribution >= 4 is 17.4 Å². The Morgan fingerprint density at radius 3 is 2.56 bits per heavy atom. The van der Waals surface area contributed by atoms with Crippen molar-refractivity contribution in [3.05, 3.63) is 34.5 Å². The number of rotatable bonds is 2. The van der Waals surface area contributed by atoms with Gasteiger partial charge in [-0.25, -0.2) is 4.98 Å². The fourth-order valence-electron chi connectivity index (χ4n) is 3.64. The second kappa shape index (κ2) is 6.16. The number of nitrogens with zero attached hydrogens (tertiary/aromatic N) is 5. The van der Waals surface area contributed by atoms with E-state index in [4.69, 9.17) is 11.6 Å². The van der Waals surface area contributed by atoms with Gasteiger partial charge in [0.15, 0.2) is 0 Å². The molecule has 0 unspecified atom stereocenters. The molecule has 2 aromatic rings. The molecule has 134 valence electrons. The second-order valence-corrected chi connectivity index (χ2v) is 6.93. The molecule has 9 heteroatoms. The molecule has 0 amide bonds. The monoisotopic (exact) mass is 371 g/mol. The van der Waals surface area contributed by atoms with E-state index in [-0.39, 0.29) is 5.02 Å². The van der Waals surface area contributed by atoms with Crippen LogP contribution in [-0.2, 0) is 19.1 Å². The lowest BCUT2D eigenvalue weighted by Gasteiger charge is -2.33. The number of pyridine rings is 1. The minimum absolute atomic E-state index is 0.0386. The van der Waals surface area contributed by atoms with E-state index < -0.39 is 11.7 Å². The first kappa shape index (κ1) is 16.6.